The van der Waals surface area contributed by atoms with E-state index in [9.17, 15) is 0 Å². The summed E-state index contributed by atoms with van der Waals surface area (Å²) in [5, 5.41) is 3.67. The van der Waals surface area contributed by atoms with Gasteiger partial charge in [-0.1, -0.05) is 37.3 Å². The van der Waals surface area contributed by atoms with E-state index < -0.39 is 0 Å². The molecule has 19 heavy (non-hydrogen) atoms. The van der Waals surface area contributed by atoms with Crippen molar-refractivity contribution in [2.45, 2.75) is 31.8 Å². The van der Waals surface area contributed by atoms with E-state index in [1.807, 2.05) is 0 Å². The van der Waals surface area contributed by atoms with Crippen molar-refractivity contribution in [3.05, 3.63) is 35.9 Å². The van der Waals surface area contributed by atoms with Gasteiger partial charge in [-0.25, -0.2) is 0 Å². The minimum Gasteiger partial charge on any atom is -0.383 e. The molecule has 2 atom stereocenters. The fraction of sp³-hybridized carbons (Fsp3) is 0.625. The number of ether oxygens (including phenoxy) is 1. The number of nitrogens with one attached hydrogen (secondary N) is 1. The van der Waals surface area contributed by atoms with Gasteiger partial charge in [-0.15, -0.1) is 0 Å². The number of rotatable bonds is 5. The van der Waals surface area contributed by atoms with Gasteiger partial charge in [0.25, 0.3) is 0 Å². The maximum absolute atomic E-state index is 5.37. The number of methoxy groups -OCH3 is 1. The first kappa shape index (κ1) is 14.5. The van der Waals surface area contributed by atoms with E-state index in [4.69, 9.17) is 4.74 Å². The van der Waals surface area contributed by atoms with Crippen LogP contribution < -0.4 is 5.32 Å². The lowest BCUT2D eigenvalue weighted by Crippen LogP contribution is -2.41. The second-order valence-electron chi connectivity index (χ2n) is 5.28. The maximum Gasteiger partial charge on any atom is 0.0617 e. The molecule has 2 unspecified atom stereocenters. The van der Waals surface area contributed by atoms with Crippen molar-refractivity contribution in [2.75, 3.05) is 33.4 Å². The molecular weight excluding hydrogens is 236 g/mol. The van der Waals surface area contributed by atoms with Crippen LogP contribution in [0.3, 0.4) is 0 Å². The second-order valence-corrected chi connectivity index (χ2v) is 5.28. The van der Waals surface area contributed by atoms with Gasteiger partial charge in [0, 0.05) is 25.7 Å². The Labute approximate surface area is 116 Å². The monoisotopic (exact) mass is 262 g/mol. The zero-order chi connectivity index (χ0) is 13.5. The Balaban J connectivity index is 2.06. The Bertz CT molecular complexity index is 355. The molecule has 0 aliphatic carbocycles. The highest BCUT2D eigenvalue weighted by atomic mass is 16.5. The topological polar surface area (TPSA) is 24.5 Å². The summed E-state index contributed by atoms with van der Waals surface area (Å²) in [6.45, 7) is 6.42. The Kier molecular flexibility index (Phi) is 5.83. The number of hydrogen-bond acceptors (Lipinski definition) is 3. The summed E-state index contributed by atoms with van der Waals surface area (Å²) in [5.41, 5.74) is 1.39. The summed E-state index contributed by atoms with van der Waals surface area (Å²) in [6, 6.07) is 11.7. The molecule has 1 aliphatic rings. The van der Waals surface area contributed by atoms with Crippen LogP contribution in [0.4, 0.5) is 0 Å². The summed E-state index contributed by atoms with van der Waals surface area (Å²) < 4.78 is 5.37. The molecule has 0 bridgehead atoms. The Morgan fingerprint density at radius 3 is 2.84 bits per heavy atom. The van der Waals surface area contributed by atoms with E-state index >= 15 is 0 Å². The van der Waals surface area contributed by atoms with Gasteiger partial charge in [-0.05, 0) is 31.5 Å². The Morgan fingerprint density at radius 2 is 2.16 bits per heavy atom. The third-order valence-corrected chi connectivity index (χ3v) is 3.98. The molecule has 1 heterocycles. The molecule has 1 fully saturated rings. The van der Waals surface area contributed by atoms with E-state index in [0.717, 1.165) is 32.7 Å². The summed E-state index contributed by atoms with van der Waals surface area (Å²) in [7, 11) is 1.80. The van der Waals surface area contributed by atoms with Crippen LogP contribution in [0, 0.1) is 0 Å². The van der Waals surface area contributed by atoms with Gasteiger partial charge >= 0.3 is 0 Å². The molecular formula is C16H26N2O. The predicted molar refractivity (Wildman–Crippen MR) is 79.3 cm³/mol. The molecule has 0 aromatic heterocycles. The van der Waals surface area contributed by atoms with E-state index in [2.05, 4.69) is 47.5 Å². The third-order valence-electron chi connectivity index (χ3n) is 3.98. The van der Waals surface area contributed by atoms with Crippen molar-refractivity contribution >= 4 is 0 Å². The van der Waals surface area contributed by atoms with Gasteiger partial charge < -0.3 is 10.1 Å². The average Bonchev–Trinajstić information content (AvgIpc) is 2.71. The van der Waals surface area contributed by atoms with Gasteiger partial charge in [-0.3, -0.25) is 4.90 Å². The molecule has 1 aliphatic heterocycles. The molecule has 3 heteroatoms. The van der Waals surface area contributed by atoms with Crippen molar-refractivity contribution in [2.24, 2.45) is 0 Å². The van der Waals surface area contributed by atoms with Crippen LogP contribution in [0.2, 0.25) is 0 Å². The van der Waals surface area contributed by atoms with Crippen LogP contribution in [0.1, 0.15) is 31.4 Å². The fourth-order valence-corrected chi connectivity index (χ4v) is 2.86. The zero-order valence-electron chi connectivity index (χ0n) is 12.1. The second kappa shape index (κ2) is 7.63. The van der Waals surface area contributed by atoms with Crippen LogP contribution in [-0.4, -0.2) is 44.3 Å². The first-order valence-electron chi connectivity index (χ1n) is 7.36. The minimum atomic E-state index is 0.439. The highest BCUT2D eigenvalue weighted by Crippen LogP contribution is 2.19. The number of nitrogens with zero attached hydrogens (tertiary/aromatic N) is 1. The lowest BCUT2D eigenvalue weighted by Gasteiger charge is -2.31. The lowest BCUT2D eigenvalue weighted by atomic mass is 10.1. The molecule has 1 aromatic carbocycles. The van der Waals surface area contributed by atoms with Crippen molar-refractivity contribution in [1.29, 1.82) is 0 Å². The molecule has 3 nitrogen and oxygen atoms in total. The van der Waals surface area contributed by atoms with Crippen LogP contribution in [0.5, 0.6) is 0 Å². The molecule has 0 saturated carbocycles. The SMILES string of the molecule is CCC(COC)N1CCCNC(c2ccccc2)C1. The highest BCUT2D eigenvalue weighted by Gasteiger charge is 2.23. The lowest BCUT2D eigenvalue weighted by molar-refractivity contribution is 0.0862. The quantitative estimate of drug-likeness (QED) is 0.882. The standard InChI is InChI=1S/C16H26N2O/c1-3-15(13-19-2)18-11-7-10-17-16(12-18)14-8-5-4-6-9-14/h4-6,8-9,15-17H,3,7,10-13H2,1-2H3. The van der Waals surface area contributed by atoms with Crippen LogP contribution in [-0.2, 0) is 4.74 Å². The van der Waals surface area contributed by atoms with Crippen LogP contribution in [0.15, 0.2) is 30.3 Å². The predicted octanol–water partition coefficient (Wildman–Crippen LogP) is 2.45. The minimum absolute atomic E-state index is 0.439. The average molecular weight is 262 g/mol. The van der Waals surface area contributed by atoms with Crippen molar-refractivity contribution < 1.29 is 4.74 Å². The fourth-order valence-electron chi connectivity index (χ4n) is 2.86. The van der Waals surface area contributed by atoms with Crippen LogP contribution >= 0.6 is 0 Å². The van der Waals surface area contributed by atoms with Gasteiger partial charge in [0.2, 0.25) is 0 Å². The first-order chi connectivity index (χ1) is 9.35. The summed E-state index contributed by atoms with van der Waals surface area (Å²) in [4.78, 5) is 2.58. The Hall–Kier alpha value is -0.900. The molecule has 0 radical (unpaired) electrons. The van der Waals surface area contributed by atoms with Gasteiger partial charge in [0.1, 0.15) is 0 Å². The van der Waals surface area contributed by atoms with Gasteiger partial charge in [0.15, 0.2) is 0 Å². The first-order valence-corrected chi connectivity index (χ1v) is 7.36. The van der Waals surface area contributed by atoms with Crippen molar-refractivity contribution in [3.8, 4) is 0 Å². The van der Waals surface area contributed by atoms with Crippen LogP contribution in [0.25, 0.3) is 0 Å². The van der Waals surface area contributed by atoms with E-state index in [-0.39, 0.29) is 0 Å². The molecule has 1 aromatic rings. The smallest absolute Gasteiger partial charge is 0.0617 e. The molecule has 2 rings (SSSR count). The zero-order valence-corrected chi connectivity index (χ0v) is 12.1. The highest BCUT2D eigenvalue weighted by molar-refractivity contribution is 5.19. The maximum atomic E-state index is 5.37. The van der Waals surface area contributed by atoms with Gasteiger partial charge in [0.05, 0.1) is 6.61 Å². The van der Waals surface area contributed by atoms with E-state index in [0.29, 0.717) is 12.1 Å². The molecule has 0 spiro atoms. The van der Waals surface area contributed by atoms with Gasteiger partial charge in [-0.2, -0.15) is 0 Å². The molecule has 106 valence electrons. The Morgan fingerprint density at radius 1 is 1.37 bits per heavy atom. The summed E-state index contributed by atoms with van der Waals surface area (Å²) in [6.07, 6.45) is 2.36. The van der Waals surface area contributed by atoms with E-state index in [1.165, 1.54) is 12.0 Å². The normalized spacial score (nSPS) is 22.9. The summed E-state index contributed by atoms with van der Waals surface area (Å²) >= 11 is 0. The summed E-state index contributed by atoms with van der Waals surface area (Å²) in [5.74, 6) is 0. The molecule has 1 saturated heterocycles. The van der Waals surface area contributed by atoms with Crippen molar-refractivity contribution in [3.63, 3.8) is 0 Å². The van der Waals surface area contributed by atoms with Crippen molar-refractivity contribution in [1.82, 2.24) is 10.2 Å². The largest absolute Gasteiger partial charge is 0.383 e. The number of hydrogen-bond donors (Lipinski definition) is 1. The molecule has 1 N–H and O–H groups in total. The number of benzene rings is 1. The third kappa shape index (κ3) is 4.03. The van der Waals surface area contributed by atoms with E-state index in [1.54, 1.807) is 7.11 Å². The molecule has 0 amide bonds.